The summed E-state index contributed by atoms with van der Waals surface area (Å²) in [6.07, 6.45) is 0. The molecule has 1 fully saturated rings. The van der Waals surface area contributed by atoms with Crippen molar-refractivity contribution >= 4 is 17.4 Å². The van der Waals surface area contributed by atoms with Crippen molar-refractivity contribution in [3.8, 4) is 11.4 Å². The van der Waals surface area contributed by atoms with Gasteiger partial charge in [-0.2, -0.15) is 0 Å². The summed E-state index contributed by atoms with van der Waals surface area (Å²) >= 11 is 1.66. The third kappa shape index (κ3) is 3.92. The fraction of sp³-hybridized carbons (Fsp3) is 0.467. The molecule has 8 nitrogen and oxygen atoms in total. The van der Waals surface area contributed by atoms with Gasteiger partial charge in [-0.1, -0.05) is 11.8 Å². The molecular formula is C15H19N5O3S. The van der Waals surface area contributed by atoms with Crippen molar-refractivity contribution in [1.82, 2.24) is 19.7 Å². The van der Waals surface area contributed by atoms with Gasteiger partial charge in [-0.15, -0.1) is 10.2 Å². The second-order valence-corrected chi connectivity index (χ2v) is 6.53. The highest BCUT2D eigenvalue weighted by Crippen LogP contribution is 2.24. The van der Waals surface area contributed by atoms with Crippen LogP contribution in [0.5, 0.6) is 0 Å². The van der Waals surface area contributed by atoms with Crippen molar-refractivity contribution in [1.29, 1.82) is 0 Å². The Bertz CT molecular complexity index is 698. The number of rotatable bonds is 6. The highest BCUT2D eigenvalue weighted by Gasteiger charge is 2.14. The Kier molecular flexibility index (Phi) is 5.44. The number of aromatic nitrogens is 3. The largest absolute Gasteiger partial charge is 0.379 e. The van der Waals surface area contributed by atoms with Gasteiger partial charge in [0.15, 0.2) is 11.0 Å². The van der Waals surface area contributed by atoms with Crippen LogP contribution in [0, 0.1) is 10.1 Å². The van der Waals surface area contributed by atoms with Gasteiger partial charge in [0.05, 0.1) is 18.1 Å². The Morgan fingerprint density at radius 2 is 1.96 bits per heavy atom. The average molecular weight is 349 g/mol. The van der Waals surface area contributed by atoms with Gasteiger partial charge in [-0.25, -0.2) is 0 Å². The summed E-state index contributed by atoms with van der Waals surface area (Å²) in [5.41, 5.74) is 0.886. The standard InChI is InChI=1S/C15H19N5O3S/c1-18-14(12-2-4-13(5-3-12)20(21)22)16-17-15(18)24-11-8-19-6-9-23-10-7-19/h2-5H,6-11H2,1H3. The number of ether oxygens (including phenoxy) is 1. The minimum atomic E-state index is -0.409. The zero-order valence-electron chi connectivity index (χ0n) is 13.4. The lowest BCUT2D eigenvalue weighted by atomic mass is 10.2. The number of morpholine rings is 1. The van der Waals surface area contributed by atoms with Crippen LogP contribution in [0.15, 0.2) is 29.4 Å². The van der Waals surface area contributed by atoms with Gasteiger partial charge in [-0.3, -0.25) is 15.0 Å². The van der Waals surface area contributed by atoms with Crippen molar-refractivity contribution in [2.24, 2.45) is 7.05 Å². The molecule has 0 atom stereocenters. The highest BCUT2D eigenvalue weighted by molar-refractivity contribution is 7.99. The van der Waals surface area contributed by atoms with Gasteiger partial charge in [0, 0.05) is 50.1 Å². The first-order valence-electron chi connectivity index (χ1n) is 7.72. The maximum absolute atomic E-state index is 10.7. The second-order valence-electron chi connectivity index (χ2n) is 5.47. The first kappa shape index (κ1) is 16.9. The molecule has 1 aliphatic heterocycles. The molecule has 0 N–H and O–H groups in total. The summed E-state index contributed by atoms with van der Waals surface area (Å²) in [5.74, 6) is 1.64. The van der Waals surface area contributed by atoms with E-state index in [-0.39, 0.29) is 5.69 Å². The maximum atomic E-state index is 10.7. The Labute approximate surface area is 144 Å². The molecule has 0 radical (unpaired) electrons. The zero-order chi connectivity index (χ0) is 16.9. The molecule has 24 heavy (non-hydrogen) atoms. The third-order valence-corrected chi connectivity index (χ3v) is 4.91. The Morgan fingerprint density at radius 1 is 1.25 bits per heavy atom. The predicted octanol–water partition coefficient (Wildman–Crippen LogP) is 1.81. The lowest BCUT2D eigenvalue weighted by molar-refractivity contribution is -0.384. The molecule has 0 aliphatic carbocycles. The fourth-order valence-electron chi connectivity index (χ4n) is 2.51. The number of nitro groups is 1. The van der Waals surface area contributed by atoms with E-state index < -0.39 is 4.92 Å². The smallest absolute Gasteiger partial charge is 0.269 e. The molecule has 0 spiro atoms. The number of benzene rings is 1. The normalized spacial score (nSPS) is 15.5. The molecule has 9 heteroatoms. The van der Waals surface area contributed by atoms with Crippen molar-refractivity contribution < 1.29 is 9.66 Å². The van der Waals surface area contributed by atoms with Crippen LogP contribution in [0.1, 0.15) is 0 Å². The fourth-order valence-corrected chi connectivity index (χ4v) is 3.43. The van der Waals surface area contributed by atoms with Crippen LogP contribution in [-0.4, -0.2) is 63.2 Å². The van der Waals surface area contributed by atoms with E-state index in [1.54, 1.807) is 23.9 Å². The number of nitro benzene ring substituents is 1. The predicted molar refractivity (Wildman–Crippen MR) is 91.1 cm³/mol. The first-order chi connectivity index (χ1) is 11.6. The molecule has 128 valence electrons. The van der Waals surface area contributed by atoms with Crippen molar-refractivity contribution in [2.45, 2.75) is 5.16 Å². The van der Waals surface area contributed by atoms with Gasteiger partial charge in [-0.05, 0) is 12.1 Å². The Hall–Kier alpha value is -1.97. The molecule has 1 aromatic heterocycles. The zero-order valence-corrected chi connectivity index (χ0v) is 14.2. The van der Waals surface area contributed by atoms with Crippen molar-refractivity contribution in [3.05, 3.63) is 34.4 Å². The summed E-state index contributed by atoms with van der Waals surface area (Å²) in [6.45, 7) is 4.56. The number of hydrogen-bond acceptors (Lipinski definition) is 7. The minimum absolute atomic E-state index is 0.0704. The molecule has 3 rings (SSSR count). The van der Waals surface area contributed by atoms with Crippen LogP contribution in [0.25, 0.3) is 11.4 Å². The molecule has 0 unspecified atom stereocenters. The number of thioether (sulfide) groups is 1. The molecule has 0 bridgehead atoms. The SMILES string of the molecule is Cn1c(SCCN2CCOCC2)nnc1-c1ccc([N+](=O)[O-])cc1. The summed E-state index contributed by atoms with van der Waals surface area (Å²) < 4.78 is 7.26. The van der Waals surface area contributed by atoms with Gasteiger partial charge >= 0.3 is 0 Å². The monoisotopic (exact) mass is 349 g/mol. The molecule has 0 saturated carbocycles. The van der Waals surface area contributed by atoms with E-state index in [1.165, 1.54) is 12.1 Å². The van der Waals surface area contributed by atoms with Crippen LogP contribution in [-0.2, 0) is 11.8 Å². The summed E-state index contributed by atoms with van der Waals surface area (Å²) in [6, 6.07) is 6.36. The number of non-ortho nitro benzene ring substituents is 1. The minimum Gasteiger partial charge on any atom is -0.379 e. The lowest BCUT2D eigenvalue weighted by Gasteiger charge is -2.26. The van der Waals surface area contributed by atoms with E-state index in [1.807, 2.05) is 11.6 Å². The molecule has 2 heterocycles. The second kappa shape index (κ2) is 7.73. The van der Waals surface area contributed by atoms with E-state index >= 15 is 0 Å². The molecule has 2 aromatic rings. The molecule has 1 aromatic carbocycles. The van der Waals surface area contributed by atoms with Crippen LogP contribution < -0.4 is 0 Å². The summed E-state index contributed by atoms with van der Waals surface area (Å²) in [5, 5.41) is 20.0. The number of hydrogen-bond donors (Lipinski definition) is 0. The average Bonchev–Trinajstić information content (AvgIpc) is 2.97. The highest BCUT2D eigenvalue weighted by atomic mass is 32.2. The molecule has 1 aliphatic rings. The Balaban J connectivity index is 1.61. The summed E-state index contributed by atoms with van der Waals surface area (Å²) in [7, 11) is 1.91. The first-order valence-corrected chi connectivity index (χ1v) is 8.71. The quantitative estimate of drug-likeness (QED) is 0.446. The van der Waals surface area contributed by atoms with Gasteiger partial charge in [0.1, 0.15) is 0 Å². The van der Waals surface area contributed by atoms with Crippen LogP contribution in [0.2, 0.25) is 0 Å². The van der Waals surface area contributed by atoms with Crippen molar-refractivity contribution in [3.63, 3.8) is 0 Å². The molecule has 0 amide bonds. The molecule has 1 saturated heterocycles. The van der Waals surface area contributed by atoms with Gasteiger partial charge in [0.2, 0.25) is 0 Å². The third-order valence-electron chi connectivity index (χ3n) is 3.91. The topological polar surface area (TPSA) is 86.3 Å². The summed E-state index contributed by atoms with van der Waals surface area (Å²) in [4.78, 5) is 12.7. The van der Waals surface area contributed by atoms with E-state index in [0.717, 1.165) is 49.3 Å². The van der Waals surface area contributed by atoms with E-state index in [4.69, 9.17) is 4.74 Å². The van der Waals surface area contributed by atoms with Crippen molar-refractivity contribution in [2.75, 3.05) is 38.6 Å². The molecular weight excluding hydrogens is 330 g/mol. The van der Waals surface area contributed by atoms with Crippen LogP contribution in [0.4, 0.5) is 5.69 Å². The lowest BCUT2D eigenvalue weighted by Crippen LogP contribution is -2.37. The number of nitrogens with zero attached hydrogens (tertiary/aromatic N) is 5. The van der Waals surface area contributed by atoms with Gasteiger partial charge in [0.25, 0.3) is 5.69 Å². The maximum Gasteiger partial charge on any atom is 0.269 e. The van der Waals surface area contributed by atoms with Gasteiger partial charge < -0.3 is 9.30 Å². The van der Waals surface area contributed by atoms with Crippen LogP contribution in [0.3, 0.4) is 0 Å². The Morgan fingerprint density at radius 3 is 2.62 bits per heavy atom. The van der Waals surface area contributed by atoms with E-state index in [2.05, 4.69) is 15.1 Å². The van der Waals surface area contributed by atoms with E-state index in [9.17, 15) is 10.1 Å². The van der Waals surface area contributed by atoms with E-state index in [0.29, 0.717) is 5.82 Å². The van der Waals surface area contributed by atoms with Crippen LogP contribution >= 0.6 is 11.8 Å².